The number of rotatable bonds is 0. The van der Waals surface area contributed by atoms with Gasteiger partial charge >= 0.3 is 0 Å². The van der Waals surface area contributed by atoms with Crippen LogP contribution < -0.4 is 0 Å². The maximum Gasteiger partial charge on any atom is 0.169 e. The summed E-state index contributed by atoms with van der Waals surface area (Å²) in [6.45, 7) is 0. The summed E-state index contributed by atoms with van der Waals surface area (Å²) < 4.78 is 5.41. The van der Waals surface area contributed by atoms with Crippen molar-refractivity contribution in [1.82, 2.24) is 0 Å². The molecular formula is C12H10O4. The molecule has 0 aliphatic heterocycles. The Labute approximate surface area is 91.1 Å². The summed E-state index contributed by atoms with van der Waals surface area (Å²) >= 11 is 0. The molecule has 1 aromatic heterocycles. The van der Waals surface area contributed by atoms with Gasteiger partial charge in [0.25, 0.3) is 0 Å². The molecule has 1 aromatic carbocycles. The van der Waals surface area contributed by atoms with Crippen LogP contribution in [0.4, 0.5) is 0 Å². The zero-order valence-corrected chi connectivity index (χ0v) is 8.38. The number of aliphatic hydroxyl groups excluding tert-OH is 2. The zero-order valence-electron chi connectivity index (χ0n) is 8.38. The van der Waals surface area contributed by atoms with Crippen molar-refractivity contribution in [3.8, 4) is 0 Å². The van der Waals surface area contributed by atoms with Gasteiger partial charge in [0, 0.05) is 11.8 Å². The molecule has 82 valence electrons. The van der Waals surface area contributed by atoms with Gasteiger partial charge < -0.3 is 14.6 Å². The van der Waals surface area contributed by atoms with Crippen LogP contribution in [0.15, 0.2) is 28.7 Å². The monoisotopic (exact) mass is 218 g/mol. The molecular weight excluding hydrogens is 208 g/mol. The smallest absolute Gasteiger partial charge is 0.169 e. The molecule has 2 aromatic rings. The van der Waals surface area contributed by atoms with Crippen LogP contribution in [0.1, 0.15) is 28.6 Å². The van der Waals surface area contributed by atoms with Crippen molar-refractivity contribution in [3.63, 3.8) is 0 Å². The van der Waals surface area contributed by atoms with Gasteiger partial charge in [-0.1, -0.05) is 18.2 Å². The van der Waals surface area contributed by atoms with Crippen molar-refractivity contribution < 1.29 is 19.4 Å². The highest BCUT2D eigenvalue weighted by Crippen LogP contribution is 2.36. The Morgan fingerprint density at radius 2 is 2.00 bits per heavy atom. The average molecular weight is 218 g/mol. The van der Waals surface area contributed by atoms with Crippen LogP contribution in [-0.4, -0.2) is 22.1 Å². The van der Waals surface area contributed by atoms with E-state index in [4.69, 9.17) is 4.42 Å². The summed E-state index contributed by atoms with van der Waals surface area (Å²) in [5, 5.41) is 19.9. The maximum absolute atomic E-state index is 11.8. The van der Waals surface area contributed by atoms with Gasteiger partial charge in [-0.25, -0.2) is 0 Å². The Morgan fingerprint density at radius 1 is 1.25 bits per heavy atom. The second kappa shape index (κ2) is 3.17. The topological polar surface area (TPSA) is 70.7 Å². The fraction of sp³-hybridized carbons (Fsp3) is 0.250. The van der Waals surface area contributed by atoms with Crippen LogP contribution in [0.3, 0.4) is 0 Å². The van der Waals surface area contributed by atoms with Gasteiger partial charge in [0.2, 0.25) is 0 Å². The van der Waals surface area contributed by atoms with Crippen molar-refractivity contribution in [1.29, 1.82) is 0 Å². The normalized spacial score (nSPS) is 24.8. The number of hydrogen-bond donors (Lipinski definition) is 2. The summed E-state index contributed by atoms with van der Waals surface area (Å²) in [7, 11) is 0. The van der Waals surface area contributed by atoms with Gasteiger partial charge in [0.1, 0.15) is 17.4 Å². The first kappa shape index (κ1) is 9.57. The minimum Gasteiger partial charge on any atom is -0.457 e. The molecule has 0 fully saturated rings. The predicted octanol–water partition coefficient (Wildman–Crippen LogP) is 1.41. The van der Waals surface area contributed by atoms with E-state index in [1.165, 1.54) is 0 Å². The standard InChI is InChI=1S/C12H10O4/c13-7-5-8(14)11(15)12-10(7)6-3-1-2-4-9(6)16-12/h1-4,8,11,14-15H,5H2/t8-,11-/m0/s1. The largest absolute Gasteiger partial charge is 0.457 e. The third kappa shape index (κ3) is 1.14. The molecule has 0 spiro atoms. The van der Waals surface area contributed by atoms with E-state index < -0.39 is 12.2 Å². The van der Waals surface area contributed by atoms with Crippen LogP contribution >= 0.6 is 0 Å². The van der Waals surface area contributed by atoms with Crippen molar-refractivity contribution in [2.75, 3.05) is 0 Å². The zero-order chi connectivity index (χ0) is 11.3. The number of fused-ring (bicyclic) bond motifs is 3. The lowest BCUT2D eigenvalue weighted by Crippen LogP contribution is -2.28. The van der Waals surface area contributed by atoms with E-state index in [1.54, 1.807) is 18.2 Å². The fourth-order valence-electron chi connectivity index (χ4n) is 2.14. The SMILES string of the molecule is O=C1C[C@H](O)[C@H](O)c2oc3ccccc3c21. The molecule has 1 heterocycles. The quantitative estimate of drug-likeness (QED) is 0.701. The maximum atomic E-state index is 11.8. The Bertz CT molecular complexity index is 569. The average Bonchev–Trinajstić information content (AvgIpc) is 2.65. The molecule has 2 N–H and O–H groups in total. The van der Waals surface area contributed by atoms with Crippen LogP contribution in [0.25, 0.3) is 11.0 Å². The minimum absolute atomic E-state index is 0.0578. The van der Waals surface area contributed by atoms with E-state index in [0.717, 1.165) is 0 Å². The number of para-hydroxylation sites is 1. The predicted molar refractivity (Wildman–Crippen MR) is 56.1 cm³/mol. The molecule has 1 aliphatic rings. The number of carbonyl (C=O) groups excluding carboxylic acids is 1. The first-order valence-electron chi connectivity index (χ1n) is 5.09. The number of furan rings is 1. The van der Waals surface area contributed by atoms with Crippen molar-refractivity contribution in [2.45, 2.75) is 18.6 Å². The molecule has 16 heavy (non-hydrogen) atoms. The number of hydrogen-bond acceptors (Lipinski definition) is 4. The Balaban J connectivity index is 2.34. The summed E-state index contributed by atoms with van der Waals surface area (Å²) in [6.07, 6.45) is -2.24. The fourth-order valence-corrected chi connectivity index (χ4v) is 2.14. The number of carbonyl (C=O) groups is 1. The Hall–Kier alpha value is -1.65. The van der Waals surface area contributed by atoms with Crippen LogP contribution in [0.5, 0.6) is 0 Å². The van der Waals surface area contributed by atoms with Crippen LogP contribution in [0.2, 0.25) is 0 Å². The van der Waals surface area contributed by atoms with E-state index in [-0.39, 0.29) is 18.0 Å². The van der Waals surface area contributed by atoms with Gasteiger partial charge in [-0.3, -0.25) is 4.79 Å². The Kier molecular flexibility index (Phi) is 1.89. The van der Waals surface area contributed by atoms with E-state index in [0.29, 0.717) is 16.5 Å². The molecule has 0 saturated carbocycles. The van der Waals surface area contributed by atoms with Crippen molar-refractivity contribution in [2.24, 2.45) is 0 Å². The third-order valence-electron chi connectivity index (χ3n) is 2.93. The molecule has 0 amide bonds. The first-order valence-corrected chi connectivity index (χ1v) is 5.09. The summed E-state index contributed by atoms with van der Waals surface area (Å²) in [4.78, 5) is 11.8. The van der Waals surface area contributed by atoms with Gasteiger partial charge in [-0.15, -0.1) is 0 Å². The van der Waals surface area contributed by atoms with Gasteiger partial charge in [-0.05, 0) is 6.07 Å². The molecule has 0 unspecified atom stereocenters. The third-order valence-corrected chi connectivity index (χ3v) is 2.93. The first-order chi connectivity index (χ1) is 7.68. The summed E-state index contributed by atoms with van der Waals surface area (Å²) in [5.74, 6) is 0.00250. The minimum atomic E-state index is -1.11. The summed E-state index contributed by atoms with van der Waals surface area (Å²) in [5.41, 5.74) is 0.974. The van der Waals surface area contributed by atoms with E-state index >= 15 is 0 Å². The molecule has 3 rings (SSSR count). The lowest BCUT2D eigenvalue weighted by molar-refractivity contribution is -0.00238. The highest BCUT2D eigenvalue weighted by Gasteiger charge is 2.36. The highest BCUT2D eigenvalue weighted by atomic mass is 16.4. The second-order valence-electron chi connectivity index (χ2n) is 3.98. The van der Waals surface area contributed by atoms with Gasteiger partial charge in [-0.2, -0.15) is 0 Å². The number of benzene rings is 1. The van der Waals surface area contributed by atoms with Crippen LogP contribution in [0, 0.1) is 0 Å². The van der Waals surface area contributed by atoms with Crippen LogP contribution in [-0.2, 0) is 0 Å². The van der Waals surface area contributed by atoms with E-state index in [9.17, 15) is 15.0 Å². The molecule has 1 aliphatic carbocycles. The van der Waals surface area contributed by atoms with Gasteiger partial charge in [0.05, 0.1) is 11.7 Å². The Morgan fingerprint density at radius 3 is 2.81 bits per heavy atom. The second-order valence-corrected chi connectivity index (χ2v) is 3.98. The number of aliphatic hydroxyl groups is 2. The number of ketones is 1. The highest BCUT2D eigenvalue weighted by molar-refractivity contribution is 6.09. The molecule has 4 heteroatoms. The van der Waals surface area contributed by atoms with Crippen molar-refractivity contribution >= 4 is 16.8 Å². The molecule has 0 saturated heterocycles. The lowest BCUT2D eigenvalue weighted by atomic mass is 9.90. The molecule has 4 nitrogen and oxygen atoms in total. The molecule has 0 bridgehead atoms. The van der Waals surface area contributed by atoms with Crippen molar-refractivity contribution in [3.05, 3.63) is 35.6 Å². The summed E-state index contributed by atoms with van der Waals surface area (Å²) in [6, 6.07) is 7.12. The lowest BCUT2D eigenvalue weighted by Gasteiger charge is -2.20. The van der Waals surface area contributed by atoms with Gasteiger partial charge in [0.15, 0.2) is 5.78 Å². The van der Waals surface area contributed by atoms with E-state index in [1.807, 2.05) is 6.07 Å². The van der Waals surface area contributed by atoms with E-state index in [2.05, 4.69) is 0 Å². The molecule has 0 radical (unpaired) electrons. The molecule has 2 atom stereocenters. The number of Topliss-reactive ketones (excluding diaryl/α,β-unsaturated/α-hetero) is 1.